The number of aryl methyl sites for hydroxylation is 2. The number of hydrogen-bond acceptors (Lipinski definition) is 0. The summed E-state index contributed by atoms with van der Waals surface area (Å²) in [5.74, 6) is 0. The largest absolute Gasteiger partial charge is 0.0654 e. The second-order valence-electron chi connectivity index (χ2n) is 10.1. The highest BCUT2D eigenvalue weighted by atomic mass is 14.1. The summed E-state index contributed by atoms with van der Waals surface area (Å²) in [4.78, 5) is 0. The van der Waals surface area contributed by atoms with Gasteiger partial charge in [-0.2, -0.15) is 0 Å². The Morgan fingerprint density at radius 3 is 1.18 bits per heavy atom. The molecule has 0 heterocycles. The molecular formula is C34H46. The molecule has 0 saturated carbocycles. The summed E-state index contributed by atoms with van der Waals surface area (Å²) in [7, 11) is 0. The number of hydrogen-bond donors (Lipinski definition) is 0. The van der Waals surface area contributed by atoms with Crippen molar-refractivity contribution < 1.29 is 0 Å². The highest BCUT2D eigenvalue weighted by Crippen LogP contribution is 2.18. The molecule has 0 radical (unpaired) electrons. The summed E-state index contributed by atoms with van der Waals surface area (Å²) >= 11 is 0. The van der Waals surface area contributed by atoms with E-state index in [0.717, 1.165) is 12.8 Å². The second-order valence-corrected chi connectivity index (χ2v) is 10.1. The third-order valence-electron chi connectivity index (χ3n) is 6.96. The van der Waals surface area contributed by atoms with E-state index in [2.05, 4.69) is 86.6 Å². The Kier molecular flexibility index (Phi) is 12.0. The first kappa shape index (κ1) is 26.3. The minimum absolute atomic E-state index is 1.03. The molecule has 0 atom stereocenters. The lowest BCUT2D eigenvalue weighted by Crippen LogP contribution is -1.94. The molecular weight excluding hydrogens is 408 g/mol. The second kappa shape index (κ2) is 15.5. The lowest BCUT2D eigenvalue weighted by molar-refractivity contribution is 0.632. The average molecular weight is 455 g/mol. The molecule has 0 nitrogen and oxygen atoms in total. The van der Waals surface area contributed by atoms with E-state index in [4.69, 9.17) is 0 Å². The Morgan fingerprint density at radius 2 is 0.765 bits per heavy atom. The van der Waals surface area contributed by atoms with E-state index in [1.54, 1.807) is 0 Å². The molecule has 3 aromatic carbocycles. The van der Waals surface area contributed by atoms with Crippen LogP contribution in [-0.2, 0) is 25.7 Å². The molecule has 0 unspecified atom stereocenters. The highest BCUT2D eigenvalue weighted by molar-refractivity contribution is 5.34. The molecule has 34 heavy (non-hydrogen) atoms. The van der Waals surface area contributed by atoms with Gasteiger partial charge in [-0.05, 0) is 71.9 Å². The van der Waals surface area contributed by atoms with Gasteiger partial charge < -0.3 is 0 Å². The number of rotatable bonds is 16. The fraction of sp³-hybridized carbons (Fsp3) is 0.471. The van der Waals surface area contributed by atoms with Crippen LogP contribution in [0.15, 0.2) is 72.8 Å². The van der Waals surface area contributed by atoms with Crippen LogP contribution >= 0.6 is 0 Å². The SMILES string of the molecule is CCCCCCCc1cccc(Cc2ccc(Cc3cccc(CCCCCCC)c3)cc2)c1. The highest BCUT2D eigenvalue weighted by Gasteiger charge is 2.03. The third kappa shape index (κ3) is 9.88. The quantitative estimate of drug-likeness (QED) is 0.189. The van der Waals surface area contributed by atoms with Gasteiger partial charge in [0.25, 0.3) is 0 Å². The lowest BCUT2D eigenvalue weighted by atomic mass is 9.97. The van der Waals surface area contributed by atoms with E-state index in [1.807, 2.05) is 0 Å². The Bertz CT molecular complexity index is 856. The van der Waals surface area contributed by atoms with Crippen LogP contribution in [0.25, 0.3) is 0 Å². The molecule has 0 aromatic heterocycles. The Labute approximate surface area is 209 Å². The van der Waals surface area contributed by atoms with Gasteiger partial charge in [-0.15, -0.1) is 0 Å². The maximum Gasteiger partial charge on any atom is -0.00257 e. The summed E-state index contributed by atoms with van der Waals surface area (Å²) in [5, 5.41) is 0. The Balaban J connectivity index is 1.48. The van der Waals surface area contributed by atoms with Crippen LogP contribution in [0, 0.1) is 0 Å². The van der Waals surface area contributed by atoms with Crippen LogP contribution in [0.4, 0.5) is 0 Å². The fourth-order valence-electron chi connectivity index (χ4n) is 4.90. The first-order chi connectivity index (χ1) is 16.8. The zero-order chi connectivity index (χ0) is 23.8. The molecule has 0 bridgehead atoms. The van der Waals surface area contributed by atoms with Crippen LogP contribution in [-0.4, -0.2) is 0 Å². The molecule has 0 amide bonds. The molecule has 0 aliphatic heterocycles. The lowest BCUT2D eigenvalue weighted by Gasteiger charge is -2.08. The third-order valence-corrected chi connectivity index (χ3v) is 6.96. The summed E-state index contributed by atoms with van der Waals surface area (Å²) in [6.07, 6.45) is 18.0. The van der Waals surface area contributed by atoms with Gasteiger partial charge in [-0.25, -0.2) is 0 Å². The van der Waals surface area contributed by atoms with Crippen LogP contribution in [0.5, 0.6) is 0 Å². The monoisotopic (exact) mass is 454 g/mol. The van der Waals surface area contributed by atoms with Gasteiger partial charge in [-0.1, -0.05) is 138 Å². The first-order valence-electron chi connectivity index (χ1n) is 14.0. The molecule has 0 heteroatoms. The van der Waals surface area contributed by atoms with Gasteiger partial charge in [0.05, 0.1) is 0 Å². The van der Waals surface area contributed by atoms with Gasteiger partial charge in [0, 0.05) is 0 Å². The van der Waals surface area contributed by atoms with Crippen LogP contribution in [0.1, 0.15) is 111 Å². The van der Waals surface area contributed by atoms with E-state index in [9.17, 15) is 0 Å². The number of benzene rings is 3. The molecule has 0 aliphatic rings. The predicted octanol–water partition coefficient (Wildman–Crippen LogP) is 9.89. The molecule has 3 aromatic rings. The molecule has 0 spiro atoms. The van der Waals surface area contributed by atoms with E-state index in [0.29, 0.717) is 0 Å². The summed E-state index contributed by atoms with van der Waals surface area (Å²) in [6, 6.07) is 27.8. The first-order valence-corrected chi connectivity index (χ1v) is 14.0. The van der Waals surface area contributed by atoms with E-state index in [1.165, 1.54) is 110 Å². The zero-order valence-corrected chi connectivity index (χ0v) is 21.8. The van der Waals surface area contributed by atoms with Crippen LogP contribution in [0.3, 0.4) is 0 Å². The van der Waals surface area contributed by atoms with E-state index >= 15 is 0 Å². The zero-order valence-electron chi connectivity index (χ0n) is 21.8. The molecule has 0 saturated heterocycles. The van der Waals surface area contributed by atoms with Crippen LogP contribution < -0.4 is 0 Å². The van der Waals surface area contributed by atoms with Gasteiger partial charge in [-0.3, -0.25) is 0 Å². The average Bonchev–Trinajstić information content (AvgIpc) is 2.86. The molecule has 0 fully saturated rings. The topological polar surface area (TPSA) is 0 Å². The molecule has 0 aliphatic carbocycles. The normalized spacial score (nSPS) is 11.1. The molecule has 182 valence electrons. The van der Waals surface area contributed by atoms with Crippen molar-refractivity contribution in [2.75, 3.05) is 0 Å². The van der Waals surface area contributed by atoms with E-state index < -0.39 is 0 Å². The summed E-state index contributed by atoms with van der Waals surface area (Å²) < 4.78 is 0. The van der Waals surface area contributed by atoms with Crippen molar-refractivity contribution in [2.24, 2.45) is 0 Å². The Hall–Kier alpha value is -2.34. The molecule has 0 N–H and O–H groups in total. The fourth-order valence-corrected chi connectivity index (χ4v) is 4.90. The Morgan fingerprint density at radius 1 is 0.382 bits per heavy atom. The van der Waals surface area contributed by atoms with Gasteiger partial charge in [0.2, 0.25) is 0 Å². The maximum absolute atomic E-state index is 2.42. The van der Waals surface area contributed by atoms with Gasteiger partial charge in [0.15, 0.2) is 0 Å². The smallest absolute Gasteiger partial charge is 0.00257 e. The van der Waals surface area contributed by atoms with E-state index in [-0.39, 0.29) is 0 Å². The van der Waals surface area contributed by atoms with Crippen molar-refractivity contribution in [1.29, 1.82) is 0 Å². The van der Waals surface area contributed by atoms with Crippen molar-refractivity contribution in [3.8, 4) is 0 Å². The van der Waals surface area contributed by atoms with Crippen molar-refractivity contribution in [2.45, 2.75) is 104 Å². The number of unbranched alkanes of at least 4 members (excludes halogenated alkanes) is 8. The standard InChI is InChI=1S/C34H46/c1-3-5-7-9-11-15-29-17-13-19-33(25-29)27-31-21-23-32(24-22-31)28-34-20-14-18-30(26-34)16-12-10-8-6-4-2/h13-14,17-26H,3-12,15-16,27-28H2,1-2H3. The minimum Gasteiger partial charge on any atom is -0.0654 e. The van der Waals surface area contributed by atoms with Gasteiger partial charge >= 0.3 is 0 Å². The minimum atomic E-state index is 1.03. The predicted molar refractivity (Wildman–Crippen MR) is 150 cm³/mol. The van der Waals surface area contributed by atoms with Gasteiger partial charge in [0.1, 0.15) is 0 Å². The summed E-state index contributed by atoms with van der Waals surface area (Å²) in [5.41, 5.74) is 8.68. The van der Waals surface area contributed by atoms with Crippen molar-refractivity contribution in [1.82, 2.24) is 0 Å². The summed E-state index contributed by atoms with van der Waals surface area (Å²) in [6.45, 7) is 4.56. The van der Waals surface area contributed by atoms with Crippen molar-refractivity contribution >= 4 is 0 Å². The van der Waals surface area contributed by atoms with Crippen molar-refractivity contribution in [3.05, 3.63) is 106 Å². The van der Waals surface area contributed by atoms with Crippen LogP contribution in [0.2, 0.25) is 0 Å². The maximum atomic E-state index is 2.42. The van der Waals surface area contributed by atoms with Crippen molar-refractivity contribution in [3.63, 3.8) is 0 Å². The molecule has 3 rings (SSSR count).